The van der Waals surface area contributed by atoms with Crippen molar-refractivity contribution in [2.24, 2.45) is 0 Å². The van der Waals surface area contributed by atoms with E-state index in [1.165, 1.54) is 22.7 Å². The quantitative estimate of drug-likeness (QED) is 0.668. The van der Waals surface area contributed by atoms with Crippen molar-refractivity contribution >= 4 is 50.3 Å². The Morgan fingerprint density at radius 1 is 1.40 bits per heavy atom. The molecule has 0 fully saturated rings. The summed E-state index contributed by atoms with van der Waals surface area (Å²) in [6.45, 7) is 0. The van der Waals surface area contributed by atoms with E-state index in [1.54, 1.807) is 23.6 Å². The van der Waals surface area contributed by atoms with Gasteiger partial charge in [-0.25, -0.2) is 4.98 Å². The predicted octanol–water partition coefficient (Wildman–Crippen LogP) is 4.50. The van der Waals surface area contributed by atoms with Gasteiger partial charge in [-0.1, -0.05) is 11.6 Å². The number of nitriles is 1. The number of thiophene rings is 1. The third-order valence-electron chi connectivity index (χ3n) is 2.81. The minimum absolute atomic E-state index is 0.209. The Hall–Kier alpha value is -1.74. The summed E-state index contributed by atoms with van der Waals surface area (Å²) in [5.74, 6) is -1.07. The van der Waals surface area contributed by atoms with Gasteiger partial charge in [0.25, 0.3) is 0 Å². The van der Waals surface area contributed by atoms with E-state index < -0.39 is 5.92 Å². The van der Waals surface area contributed by atoms with E-state index >= 15 is 0 Å². The topological polar surface area (TPSA) is 53.8 Å². The van der Waals surface area contributed by atoms with Gasteiger partial charge in [-0.3, -0.25) is 4.79 Å². The zero-order valence-electron chi connectivity index (χ0n) is 10.0. The van der Waals surface area contributed by atoms with Crippen molar-refractivity contribution in [3.63, 3.8) is 0 Å². The highest BCUT2D eigenvalue weighted by molar-refractivity contribution is 7.18. The Labute approximate surface area is 128 Å². The number of carbonyl (C=O) groups is 1. The average Bonchev–Trinajstić information content (AvgIpc) is 3.07. The summed E-state index contributed by atoms with van der Waals surface area (Å²) in [6, 6.07) is 9.13. The first kappa shape index (κ1) is 13.3. The fourth-order valence-corrected chi connectivity index (χ4v) is 3.64. The summed E-state index contributed by atoms with van der Waals surface area (Å²) in [5, 5.41) is 14.0. The minimum atomic E-state index is -0.860. The van der Waals surface area contributed by atoms with Gasteiger partial charge < -0.3 is 0 Å². The molecule has 0 unspecified atom stereocenters. The van der Waals surface area contributed by atoms with Gasteiger partial charge in [0.05, 0.1) is 16.3 Å². The SMILES string of the molecule is N#C[C@@H](C(=O)c1ccsc1)c1nc2cc(Cl)ccc2s1. The second kappa shape index (κ2) is 5.33. The molecule has 0 saturated carbocycles. The van der Waals surface area contributed by atoms with Crippen LogP contribution in [0.3, 0.4) is 0 Å². The van der Waals surface area contributed by atoms with Gasteiger partial charge in [-0.15, -0.1) is 11.3 Å². The molecule has 1 atom stereocenters. The Bertz CT molecular complexity index is 817. The van der Waals surface area contributed by atoms with E-state index in [4.69, 9.17) is 11.6 Å². The van der Waals surface area contributed by atoms with E-state index in [0.29, 0.717) is 15.6 Å². The number of rotatable bonds is 3. The first-order chi connectivity index (χ1) is 9.69. The maximum Gasteiger partial charge on any atom is 0.187 e. The van der Waals surface area contributed by atoms with Crippen LogP contribution in [-0.2, 0) is 0 Å². The molecule has 98 valence electrons. The number of benzene rings is 1. The zero-order chi connectivity index (χ0) is 14.1. The molecule has 6 heteroatoms. The first-order valence-electron chi connectivity index (χ1n) is 5.71. The van der Waals surface area contributed by atoms with E-state index in [0.717, 1.165) is 10.2 Å². The van der Waals surface area contributed by atoms with Crippen molar-refractivity contribution in [3.8, 4) is 6.07 Å². The molecule has 2 aromatic heterocycles. The lowest BCUT2D eigenvalue weighted by Crippen LogP contribution is -2.09. The van der Waals surface area contributed by atoms with E-state index in [9.17, 15) is 10.1 Å². The molecule has 1 aromatic carbocycles. The van der Waals surface area contributed by atoms with Crippen LogP contribution in [0.2, 0.25) is 5.02 Å². The van der Waals surface area contributed by atoms with Crippen LogP contribution >= 0.6 is 34.3 Å². The zero-order valence-corrected chi connectivity index (χ0v) is 12.4. The number of thiazole rings is 1. The van der Waals surface area contributed by atoms with Gasteiger partial charge in [-0.2, -0.15) is 16.6 Å². The van der Waals surface area contributed by atoms with Gasteiger partial charge in [-0.05, 0) is 29.6 Å². The molecule has 0 aliphatic carbocycles. The number of aromatic nitrogens is 1. The molecule has 2 heterocycles. The Morgan fingerprint density at radius 2 is 2.25 bits per heavy atom. The number of carbonyl (C=O) groups excluding carboxylic acids is 1. The summed E-state index contributed by atoms with van der Waals surface area (Å²) < 4.78 is 0.919. The summed E-state index contributed by atoms with van der Waals surface area (Å²) in [6.07, 6.45) is 0. The van der Waals surface area contributed by atoms with Crippen LogP contribution in [0.1, 0.15) is 21.3 Å². The monoisotopic (exact) mass is 318 g/mol. The lowest BCUT2D eigenvalue weighted by molar-refractivity contribution is 0.0979. The highest BCUT2D eigenvalue weighted by atomic mass is 35.5. The number of nitrogens with zero attached hydrogens (tertiary/aromatic N) is 2. The predicted molar refractivity (Wildman–Crippen MR) is 81.6 cm³/mol. The summed E-state index contributed by atoms with van der Waals surface area (Å²) >= 11 is 8.71. The molecule has 20 heavy (non-hydrogen) atoms. The van der Waals surface area contributed by atoms with Gasteiger partial charge >= 0.3 is 0 Å². The molecule has 0 aliphatic heterocycles. The Kier molecular flexibility index (Phi) is 3.53. The molecule has 0 spiro atoms. The highest BCUT2D eigenvalue weighted by Gasteiger charge is 2.25. The van der Waals surface area contributed by atoms with Crippen molar-refractivity contribution < 1.29 is 4.79 Å². The van der Waals surface area contributed by atoms with Crippen LogP contribution in [0.5, 0.6) is 0 Å². The van der Waals surface area contributed by atoms with Crippen molar-refractivity contribution in [2.75, 3.05) is 0 Å². The largest absolute Gasteiger partial charge is 0.292 e. The molecule has 3 nitrogen and oxygen atoms in total. The van der Waals surface area contributed by atoms with E-state index in [1.807, 2.05) is 11.4 Å². The van der Waals surface area contributed by atoms with Crippen molar-refractivity contribution in [1.29, 1.82) is 5.26 Å². The molecule has 0 amide bonds. The van der Waals surface area contributed by atoms with Crippen molar-refractivity contribution in [3.05, 3.63) is 50.6 Å². The third kappa shape index (κ3) is 2.34. The lowest BCUT2D eigenvalue weighted by atomic mass is 10.0. The fraction of sp³-hybridized carbons (Fsp3) is 0.0714. The smallest absolute Gasteiger partial charge is 0.187 e. The molecule has 0 bridgehead atoms. The minimum Gasteiger partial charge on any atom is -0.292 e. The Morgan fingerprint density at radius 3 is 2.95 bits per heavy atom. The number of hydrogen-bond donors (Lipinski definition) is 0. The molecule has 0 aliphatic rings. The second-order valence-electron chi connectivity index (χ2n) is 4.10. The van der Waals surface area contributed by atoms with Crippen LogP contribution in [0.15, 0.2) is 35.0 Å². The molecule has 0 N–H and O–H groups in total. The first-order valence-corrected chi connectivity index (χ1v) is 7.85. The normalized spacial score (nSPS) is 12.2. The lowest BCUT2D eigenvalue weighted by Gasteiger charge is -2.02. The standard InChI is InChI=1S/C14H7ClN2OS2/c15-9-1-2-12-11(5-9)17-14(20-12)10(6-16)13(18)8-3-4-19-7-8/h1-5,7,10H/t10-/m0/s1. The van der Waals surface area contributed by atoms with Gasteiger partial charge in [0.15, 0.2) is 11.7 Å². The van der Waals surface area contributed by atoms with E-state index in [2.05, 4.69) is 11.1 Å². The highest BCUT2D eigenvalue weighted by Crippen LogP contribution is 2.31. The van der Waals surface area contributed by atoms with E-state index in [-0.39, 0.29) is 5.78 Å². The van der Waals surface area contributed by atoms with Crippen molar-refractivity contribution in [2.45, 2.75) is 5.92 Å². The number of Topliss-reactive ketones (excluding diaryl/α,β-unsaturated/α-hetero) is 1. The van der Waals surface area contributed by atoms with Gasteiger partial charge in [0, 0.05) is 16.0 Å². The maximum absolute atomic E-state index is 12.3. The van der Waals surface area contributed by atoms with Crippen molar-refractivity contribution in [1.82, 2.24) is 4.98 Å². The van der Waals surface area contributed by atoms with Gasteiger partial charge in [0.1, 0.15) is 5.01 Å². The molecular weight excluding hydrogens is 312 g/mol. The number of hydrogen-bond acceptors (Lipinski definition) is 5. The summed E-state index contributed by atoms with van der Waals surface area (Å²) in [4.78, 5) is 16.7. The second-order valence-corrected chi connectivity index (χ2v) is 6.38. The molecule has 0 saturated heterocycles. The average molecular weight is 319 g/mol. The molecule has 3 rings (SSSR count). The van der Waals surface area contributed by atoms with Crippen LogP contribution in [0.25, 0.3) is 10.2 Å². The fourth-order valence-electron chi connectivity index (χ4n) is 1.84. The van der Waals surface area contributed by atoms with Crippen LogP contribution in [0.4, 0.5) is 0 Å². The maximum atomic E-state index is 12.3. The third-order valence-corrected chi connectivity index (χ3v) is 4.83. The summed E-state index contributed by atoms with van der Waals surface area (Å²) in [5.41, 5.74) is 1.27. The van der Waals surface area contributed by atoms with Gasteiger partial charge in [0.2, 0.25) is 0 Å². The summed E-state index contributed by atoms with van der Waals surface area (Å²) in [7, 11) is 0. The number of halogens is 1. The molecule has 3 aromatic rings. The molecule has 0 radical (unpaired) electrons. The van der Waals surface area contributed by atoms with Crippen LogP contribution < -0.4 is 0 Å². The van der Waals surface area contributed by atoms with Crippen LogP contribution in [-0.4, -0.2) is 10.8 Å². The van der Waals surface area contributed by atoms with Crippen LogP contribution in [0, 0.1) is 11.3 Å². The Balaban J connectivity index is 2.04. The molecular formula is C14H7ClN2OS2. The number of ketones is 1. The number of fused-ring (bicyclic) bond motifs is 1.